The number of rotatable bonds is 5. The van der Waals surface area contributed by atoms with Crippen molar-refractivity contribution in [2.75, 3.05) is 6.61 Å². The zero-order chi connectivity index (χ0) is 19.1. The summed E-state index contributed by atoms with van der Waals surface area (Å²) in [6.07, 6.45) is 6.42. The first-order valence-corrected chi connectivity index (χ1v) is 10.1. The van der Waals surface area contributed by atoms with E-state index in [-0.39, 0.29) is 17.4 Å². The molecule has 2 aromatic rings. The molecule has 2 aliphatic carbocycles. The summed E-state index contributed by atoms with van der Waals surface area (Å²) >= 11 is 0. The lowest BCUT2D eigenvalue weighted by molar-refractivity contribution is -0.108. The fraction of sp³-hybridized carbons (Fsp3) is 0.417. The average Bonchev–Trinajstić information content (AvgIpc) is 3.27. The Morgan fingerprint density at radius 3 is 2.89 bits per heavy atom. The van der Waals surface area contributed by atoms with Gasteiger partial charge in [-0.2, -0.15) is 5.26 Å². The lowest BCUT2D eigenvalue weighted by atomic mass is 9.64. The Hall–Kier alpha value is -2.80. The van der Waals surface area contributed by atoms with Crippen LogP contribution in [-0.2, 0) is 16.6 Å². The molecule has 1 aliphatic heterocycles. The molecule has 2 aromatic carbocycles. The Morgan fingerprint density at radius 1 is 1.25 bits per heavy atom. The third kappa shape index (κ3) is 2.61. The van der Waals surface area contributed by atoms with E-state index in [1.165, 1.54) is 16.7 Å². The average molecular weight is 373 g/mol. The zero-order valence-corrected chi connectivity index (χ0v) is 15.8. The molecule has 4 nitrogen and oxygen atoms in total. The largest absolute Gasteiger partial charge is 0.492 e. The summed E-state index contributed by atoms with van der Waals surface area (Å²) in [7, 11) is 0. The second kappa shape index (κ2) is 6.67. The van der Waals surface area contributed by atoms with E-state index in [9.17, 15) is 10.1 Å². The molecule has 4 heteroatoms. The summed E-state index contributed by atoms with van der Waals surface area (Å²) < 4.78 is 12.1. The Morgan fingerprint density at radius 2 is 2.14 bits per heavy atom. The van der Waals surface area contributed by atoms with Gasteiger partial charge < -0.3 is 14.3 Å². The predicted octanol–water partition coefficient (Wildman–Crippen LogP) is 4.76. The maximum absolute atomic E-state index is 10.8. The van der Waals surface area contributed by atoms with Crippen molar-refractivity contribution in [3.63, 3.8) is 0 Å². The molecule has 5 rings (SSSR count). The Balaban J connectivity index is 1.40. The molecule has 1 saturated carbocycles. The maximum atomic E-state index is 10.8. The van der Waals surface area contributed by atoms with Crippen molar-refractivity contribution in [1.29, 1.82) is 5.26 Å². The molecule has 0 radical (unpaired) electrons. The number of nitriles is 1. The van der Waals surface area contributed by atoms with Crippen molar-refractivity contribution >= 4 is 6.29 Å². The summed E-state index contributed by atoms with van der Waals surface area (Å²) in [5.74, 6) is 1.78. The highest BCUT2D eigenvalue weighted by atomic mass is 16.5. The van der Waals surface area contributed by atoms with Crippen LogP contribution in [0.25, 0.3) is 0 Å². The molecule has 0 unspecified atom stereocenters. The molecule has 0 saturated heterocycles. The number of ether oxygens (including phenoxy) is 2. The van der Waals surface area contributed by atoms with E-state index in [2.05, 4.69) is 24.3 Å². The molecule has 0 amide bonds. The van der Waals surface area contributed by atoms with Gasteiger partial charge in [0.1, 0.15) is 23.9 Å². The number of carbonyl (C=O) groups excluding carboxylic acids is 1. The molecule has 1 heterocycles. The normalized spacial score (nSPS) is 23.7. The van der Waals surface area contributed by atoms with E-state index in [0.717, 1.165) is 55.5 Å². The minimum Gasteiger partial charge on any atom is -0.492 e. The summed E-state index contributed by atoms with van der Waals surface area (Å²) in [6, 6.07) is 14.9. The molecular formula is C24H23NO3. The van der Waals surface area contributed by atoms with Gasteiger partial charge in [-0.3, -0.25) is 0 Å². The molecule has 2 atom stereocenters. The van der Waals surface area contributed by atoms with Crippen LogP contribution in [0.3, 0.4) is 0 Å². The van der Waals surface area contributed by atoms with E-state index >= 15 is 0 Å². The van der Waals surface area contributed by atoms with Crippen LogP contribution in [-0.4, -0.2) is 12.9 Å². The number of fused-ring (bicyclic) bond motifs is 2. The van der Waals surface area contributed by atoms with Gasteiger partial charge >= 0.3 is 0 Å². The molecule has 3 aliphatic rings. The van der Waals surface area contributed by atoms with Gasteiger partial charge in [0, 0.05) is 24.0 Å². The predicted molar refractivity (Wildman–Crippen MR) is 105 cm³/mol. The van der Waals surface area contributed by atoms with Crippen LogP contribution < -0.4 is 9.47 Å². The zero-order valence-electron chi connectivity index (χ0n) is 15.8. The molecule has 142 valence electrons. The Bertz CT molecular complexity index is 970. The quantitative estimate of drug-likeness (QED) is 0.709. The molecular weight excluding hydrogens is 350 g/mol. The fourth-order valence-electron chi connectivity index (χ4n) is 4.96. The molecule has 0 bridgehead atoms. The lowest BCUT2D eigenvalue weighted by Gasteiger charge is -2.37. The van der Waals surface area contributed by atoms with Gasteiger partial charge in [-0.05, 0) is 54.9 Å². The van der Waals surface area contributed by atoms with Gasteiger partial charge in [0.15, 0.2) is 0 Å². The minimum atomic E-state index is -0.283. The standard InChI is InChI=1S/C24H23NO3/c25-15-24(10-2-11-24)21-4-1-3-20-19(21)7-8-22(20)28-17-5-6-18-16(9-12-26)14-27-23(18)13-17/h1,3-6,12-13,16,22H,2,7-11,14H2/t16-,22-/m1/s1. The molecule has 0 spiro atoms. The van der Waals surface area contributed by atoms with Gasteiger partial charge in [0.25, 0.3) is 0 Å². The number of benzene rings is 2. The number of nitrogens with zero attached hydrogens (tertiary/aromatic N) is 1. The third-order valence-corrected chi connectivity index (χ3v) is 6.68. The van der Waals surface area contributed by atoms with Crippen molar-refractivity contribution in [2.45, 2.75) is 56.0 Å². The highest BCUT2D eigenvalue weighted by Gasteiger charge is 2.42. The SMILES string of the molecule is N#CC1(c2cccc3c2CC[C@H]3Oc2ccc3c(c2)OC[C@H]3CC=O)CCC1. The van der Waals surface area contributed by atoms with Crippen LogP contribution >= 0.6 is 0 Å². The minimum absolute atomic E-state index is 0.0102. The Kier molecular flexibility index (Phi) is 4.12. The monoisotopic (exact) mass is 373 g/mol. The van der Waals surface area contributed by atoms with Gasteiger partial charge in [-0.15, -0.1) is 0 Å². The first-order chi connectivity index (χ1) is 13.7. The van der Waals surface area contributed by atoms with E-state index in [0.29, 0.717) is 13.0 Å². The first kappa shape index (κ1) is 17.3. The smallest absolute Gasteiger partial charge is 0.126 e. The number of carbonyl (C=O) groups is 1. The van der Waals surface area contributed by atoms with E-state index in [1.54, 1.807) is 0 Å². The number of aldehydes is 1. The summed E-state index contributed by atoms with van der Waals surface area (Å²) in [5, 5.41) is 9.75. The molecule has 1 fully saturated rings. The van der Waals surface area contributed by atoms with Crippen LogP contribution in [0.4, 0.5) is 0 Å². The van der Waals surface area contributed by atoms with Crippen LogP contribution in [0.1, 0.15) is 66.4 Å². The first-order valence-electron chi connectivity index (χ1n) is 10.1. The topological polar surface area (TPSA) is 59.3 Å². The van der Waals surface area contributed by atoms with E-state index in [4.69, 9.17) is 9.47 Å². The summed E-state index contributed by atoms with van der Waals surface area (Å²) in [4.78, 5) is 10.8. The van der Waals surface area contributed by atoms with E-state index < -0.39 is 0 Å². The maximum Gasteiger partial charge on any atom is 0.126 e. The van der Waals surface area contributed by atoms with Crippen molar-refractivity contribution in [2.24, 2.45) is 0 Å². The summed E-state index contributed by atoms with van der Waals surface area (Å²) in [6.45, 7) is 0.559. The van der Waals surface area contributed by atoms with Gasteiger partial charge in [-0.1, -0.05) is 24.3 Å². The number of hydrogen-bond acceptors (Lipinski definition) is 4. The molecule has 28 heavy (non-hydrogen) atoms. The van der Waals surface area contributed by atoms with Crippen LogP contribution in [0.5, 0.6) is 11.5 Å². The second-order valence-electron chi connectivity index (χ2n) is 8.18. The number of hydrogen-bond donors (Lipinski definition) is 0. The van der Waals surface area contributed by atoms with E-state index in [1.807, 2.05) is 18.2 Å². The lowest BCUT2D eigenvalue weighted by Crippen LogP contribution is -2.33. The van der Waals surface area contributed by atoms with Crippen molar-refractivity contribution < 1.29 is 14.3 Å². The van der Waals surface area contributed by atoms with Gasteiger partial charge in [0.05, 0.1) is 18.1 Å². The van der Waals surface area contributed by atoms with Gasteiger partial charge in [-0.25, -0.2) is 0 Å². The highest BCUT2D eigenvalue weighted by Crippen LogP contribution is 2.48. The van der Waals surface area contributed by atoms with Crippen molar-refractivity contribution in [3.05, 3.63) is 58.7 Å². The summed E-state index contributed by atoms with van der Waals surface area (Å²) in [5.41, 5.74) is 4.57. The Labute approximate surface area is 165 Å². The van der Waals surface area contributed by atoms with Gasteiger partial charge in [0.2, 0.25) is 0 Å². The fourth-order valence-corrected chi connectivity index (χ4v) is 4.96. The second-order valence-corrected chi connectivity index (χ2v) is 8.18. The van der Waals surface area contributed by atoms with Crippen LogP contribution in [0.2, 0.25) is 0 Å². The third-order valence-electron chi connectivity index (χ3n) is 6.68. The van der Waals surface area contributed by atoms with Crippen LogP contribution in [0, 0.1) is 11.3 Å². The highest BCUT2D eigenvalue weighted by molar-refractivity contribution is 5.55. The van der Waals surface area contributed by atoms with Crippen molar-refractivity contribution in [1.82, 2.24) is 0 Å². The van der Waals surface area contributed by atoms with Crippen molar-refractivity contribution in [3.8, 4) is 17.6 Å². The van der Waals surface area contributed by atoms with Crippen LogP contribution in [0.15, 0.2) is 36.4 Å². The molecule has 0 N–H and O–H groups in total. The molecule has 0 aromatic heterocycles.